The topological polar surface area (TPSA) is 55.5 Å². The third kappa shape index (κ3) is 4.05. The predicted octanol–water partition coefficient (Wildman–Crippen LogP) is 4.55. The molecule has 122 valence electrons. The summed E-state index contributed by atoms with van der Waals surface area (Å²) in [6.45, 7) is 0.494. The lowest BCUT2D eigenvalue weighted by Gasteiger charge is -2.28. The summed E-state index contributed by atoms with van der Waals surface area (Å²) < 4.78 is 5.75. The normalized spacial score (nSPS) is 16.9. The molecule has 0 saturated heterocycles. The van der Waals surface area contributed by atoms with Crippen molar-refractivity contribution in [3.05, 3.63) is 59.7 Å². The molecule has 0 aliphatic heterocycles. The van der Waals surface area contributed by atoms with Crippen LogP contribution in [0, 0.1) is 5.92 Å². The van der Waals surface area contributed by atoms with E-state index in [2.05, 4.69) is 0 Å². The first-order valence-electron chi connectivity index (χ1n) is 8.49. The van der Waals surface area contributed by atoms with Gasteiger partial charge in [0, 0.05) is 17.7 Å². The van der Waals surface area contributed by atoms with Gasteiger partial charge in [-0.25, -0.2) is 0 Å². The van der Waals surface area contributed by atoms with E-state index in [-0.39, 0.29) is 11.8 Å². The highest BCUT2D eigenvalue weighted by atomic mass is 16.5. The third-order valence-electron chi connectivity index (χ3n) is 4.77. The largest absolute Gasteiger partial charge is 0.507 e. The van der Waals surface area contributed by atoms with E-state index in [1.54, 1.807) is 6.07 Å². The fourth-order valence-corrected chi connectivity index (χ4v) is 3.38. The molecule has 0 amide bonds. The molecule has 3 N–H and O–H groups in total. The first-order valence-corrected chi connectivity index (χ1v) is 8.49. The summed E-state index contributed by atoms with van der Waals surface area (Å²) in [6, 6.07) is 15.4. The van der Waals surface area contributed by atoms with E-state index in [9.17, 15) is 5.11 Å². The number of nitrogens with two attached hydrogens (primary N) is 1. The zero-order valence-corrected chi connectivity index (χ0v) is 13.4. The monoisotopic (exact) mass is 311 g/mol. The van der Waals surface area contributed by atoms with Gasteiger partial charge in [0.2, 0.25) is 0 Å². The van der Waals surface area contributed by atoms with E-state index in [1.165, 1.54) is 19.3 Å². The Morgan fingerprint density at radius 1 is 1.04 bits per heavy atom. The molecule has 3 rings (SSSR count). The molecule has 23 heavy (non-hydrogen) atoms. The van der Waals surface area contributed by atoms with E-state index in [0.717, 1.165) is 24.0 Å². The summed E-state index contributed by atoms with van der Waals surface area (Å²) in [5, 5.41) is 10.3. The maximum absolute atomic E-state index is 10.3. The molecule has 1 aliphatic carbocycles. The second-order valence-corrected chi connectivity index (χ2v) is 6.42. The average molecular weight is 311 g/mol. The lowest BCUT2D eigenvalue weighted by molar-refractivity contribution is 0.296. The lowest BCUT2D eigenvalue weighted by Crippen LogP contribution is -2.23. The summed E-state index contributed by atoms with van der Waals surface area (Å²) in [5.41, 5.74) is 8.33. The molecule has 0 spiro atoms. The van der Waals surface area contributed by atoms with Gasteiger partial charge in [0.15, 0.2) is 0 Å². The Morgan fingerprint density at radius 2 is 1.78 bits per heavy atom. The predicted molar refractivity (Wildman–Crippen MR) is 92.4 cm³/mol. The molecule has 1 aliphatic rings. The van der Waals surface area contributed by atoms with Crippen LogP contribution in [0.5, 0.6) is 11.5 Å². The molecule has 1 saturated carbocycles. The Balaban J connectivity index is 1.65. The van der Waals surface area contributed by atoms with E-state index >= 15 is 0 Å². The first kappa shape index (κ1) is 15.9. The molecule has 0 bridgehead atoms. The van der Waals surface area contributed by atoms with E-state index in [4.69, 9.17) is 10.5 Å². The fourth-order valence-electron chi connectivity index (χ4n) is 3.38. The Kier molecular flexibility index (Phi) is 5.19. The zero-order chi connectivity index (χ0) is 16.1. The molecule has 0 aromatic heterocycles. The number of hydrogen-bond donors (Lipinski definition) is 2. The highest BCUT2D eigenvalue weighted by Gasteiger charge is 2.24. The smallest absolute Gasteiger partial charge is 0.124 e. The molecule has 0 heterocycles. The fraction of sp³-hybridized carbons (Fsp3) is 0.400. The minimum atomic E-state index is -0.0847. The Morgan fingerprint density at radius 3 is 2.48 bits per heavy atom. The van der Waals surface area contributed by atoms with Crippen LogP contribution < -0.4 is 10.5 Å². The maximum Gasteiger partial charge on any atom is 0.124 e. The molecule has 0 radical (unpaired) electrons. The molecular weight excluding hydrogens is 286 g/mol. The molecule has 0 unspecified atom stereocenters. The zero-order valence-electron chi connectivity index (χ0n) is 13.4. The van der Waals surface area contributed by atoms with Crippen molar-refractivity contribution < 1.29 is 9.84 Å². The summed E-state index contributed by atoms with van der Waals surface area (Å²) in [6.07, 6.45) is 6.12. The van der Waals surface area contributed by atoms with Crippen molar-refractivity contribution in [3.63, 3.8) is 0 Å². The number of phenolic OH excluding ortho intramolecular Hbond substituents is 1. The molecule has 1 atom stereocenters. The minimum absolute atomic E-state index is 0.0847. The van der Waals surface area contributed by atoms with Gasteiger partial charge >= 0.3 is 0 Å². The van der Waals surface area contributed by atoms with Gasteiger partial charge in [0.05, 0.1) is 0 Å². The van der Waals surface area contributed by atoms with Crippen LogP contribution in [-0.2, 0) is 6.61 Å². The Hall–Kier alpha value is -2.00. The van der Waals surface area contributed by atoms with Gasteiger partial charge < -0.3 is 15.6 Å². The standard InChI is InChI=1S/C20H25NO2/c21-20(16-9-5-2-6-10-16)18-12-11-17(13-19(18)22)23-14-15-7-3-1-4-8-15/h1,3-4,7-8,11-13,16,20,22H,2,5-6,9-10,14,21H2/t20-/m1/s1. The summed E-state index contributed by atoms with van der Waals surface area (Å²) in [7, 11) is 0. The number of hydrogen-bond acceptors (Lipinski definition) is 3. The molecular formula is C20H25NO2. The van der Waals surface area contributed by atoms with Gasteiger partial charge in [-0.15, -0.1) is 0 Å². The van der Waals surface area contributed by atoms with Crippen LogP contribution in [0.3, 0.4) is 0 Å². The summed E-state index contributed by atoms with van der Waals surface area (Å²) >= 11 is 0. The van der Waals surface area contributed by atoms with Crippen molar-refractivity contribution >= 4 is 0 Å². The lowest BCUT2D eigenvalue weighted by atomic mass is 9.81. The van der Waals surface area contributed by atoms with Gasteiger partial charge in [-0.3, -0.25) is 0 Å². The Bertz CT molecular complexity index is 621. The maximum atomic E-state index is 10.3. The second kappa shape index (κ2) is 7.51. The molecule has 3 nitrogen and oxygen atoms in total. The summed E-state index contributed by atoms with van der Waals surface area (Å²) in [5.74, 6) is 1.39. The molecule has 2 aromatic rings. The average Bonchev–Trinajstić information content (AvgIpc) is 2.61. The van der Waals surface area contributed by atoms with Gasteiger partial charge in [0.1, 0.15) is 18.1 Å². The van der Waals surface area contributed by atoms with Crippen LogP contribution >= 0.6 is 0 Å². The van der Waals surface area contributed by atoms with Crippen molar-refractivity contribution in [2.45, 2.75) is 44.8 Å². The van der Waals surface area contributed by atoms with Crippen LogP contribution in [0.1, 0.15) is 49.3 Å². The van der Waals surface area contributed by atoms with Crippen LogP contribution in [0.25, 0.3) is 0 Å². The van der Waals surface area contributed by atoms with E-state index in [0.29, 0.717) is 18.3 Å². The second-order valence-electron chi connectivity index (χ2n) is 6.42. The number of benzene rings is 2. The van der Waals surface area contributed by atoms with Crippen molar-refractivity contribution in [3.8, 4) is 11.5 Å². The number of rotatable bonds is 5. The van der Waals surface area contributed by atoms with E-state index in [1.807, 2.05) is 42.5 Å². The van der Waals surface area contributed by atoms with Crippen molar-refractivity contribution in [2.75, 3.05) is 0 Å². The highest BCUT2D eigenvalue weighted by molar-refractivity contribution is 5.41. The van der Waals surface area contributed by atoms with Crippen molar-refractivity contribution in [1.82, 2.24) is 0 Å². The number of phenols is 1. The van der Waals surface area contributed by atoms with Crippen molar-refractivity contribution in [1.29, 1.82) is 0 Å². The first-order chi connectivity index (χ1) is 11.2. The van der Waals surface area contributed by atoms with Crippen LogP contribution in [0.2, 0.25) is 0 Å². The third-order valence-corrected chi connectivity index (χ3v) is 4.77. The van der Waals surface area contributed by atoms with Gasteiger partial charge in [-0.1, -0.05) is 55.7 Å². The quantitative estimate of drug-likeness (QED) is 0.851. The number of ether oxygens (including phenoxy) is 1. The van der Waals surface area contributed by atoms with Gasteiger partial charge in [-0.2, -0.15) is 0 Å². The Labute approximate surface area is 138 Å². The van der Waals surface area contributed by atoms with Crippen molar-refractivity contribution in [2.24, 2.45) is 11.7 Å². The SMILES string of the molecule is N[C@@H](c1ccc(OCc2ccccc2)cc1O)C1CCCCC1. The number of aromatic hydroxyl groups is 1. The van der Waals surface area contributed by atoms with Gasteiger partial charge in [-0.05, 0) is 30.4 Å². The molecule has 3 heteroatoms. The minimum Gasteiger partial charge on any atom is -0.507 e. The van der Waals surface area contributed by atoms with Crippen LogP contribution in [0.15, 0.2) is 48.5 Å². The van der Waals surface area contributed by atoms with E-state index < -0.39 is 0 Å². The molecule has 2 aromatic carbocycles. The van der Waals surface area contributed by atoms with Crippen LogP contribution in [0.4, 0.5) is 0 Å². The van der Waals surface area contributed by atoms with Crippen LogP contribution in [-0.4, -0.2) is 5.11 Å². The molecule has 1 fully saturated rings. The summed E-state index contributed by atoms with van der Waals surface area (Å²) in [4.78, 5) is 0. The van der Waals surface area contributed by atoms with Gasteiger partial charge in [0.25, 0.3) is 0 Å². The highest BCUT2D eigenvalue weighted by Crippen LogP contribution is 2.37.